The molecule has 0 spiro atoms. The number of aliphatic hydroxyl groups is 2. The molecule has 0 heterocycles. The first kappa shape index (κ1) is 19.9. The monoisotopic (exact) mass is 347 g/mol. The maximum atomic E-state index is 12.1. The Balaban J connectivity index is 1.75. The molecular weight excluding hydrogens is 314 g/mol. The maximum Gasteiger partial charge on any atom is 0.220 e. The van der Waals surface area contributed by atoms with Crippen molar-refractivity contribution < 1.29 is 15.0 Å². The van der Waals surface area contributed by atoms with Gasteiger partial charge in [0.2, 0.25) is 5.91 Å². The molecule has 4 heteroatoms. The van der Waals surface area contributed by atoms with E-state index in [1.165, 1.54) is 5.56 Å². The summed E-state index contributed by atoms with van der Waals surface area (Å²) in [6, 6.07) is 8.24. The normalized spacial score (nSPS) is 22.4. The number of rotatable bonds is 6. The molecular formula is C21H33NO3. The molecule has 1 saturated carbocycles. The molecule has 140 valence electrons. The van der Waals surface area contributed by atoms with Crippen LogP contribution in [0.2, 0.25) is 0 Å². The second-order valence-electron chi connectivity index (χ2n) is 8.39. The van der Waals surface area contributed by atoms with E-state index in [0.717, 1.165) is 31.2 Å². The third-order valence-corrected chi connectivity index (χ3v) is 5.28. The molecule has 1 fully saturated rings. The SMILES string of the molecule is CC(C)(C)c1ccc(C(O)CCC(=O)NC2CCC(CO)CC2)cc1. The van der Waals surface area contributed by atoms with Crippen LogP contribution in [0.15, 0.2) is 24.3 Å². The van der Waals surface area contributed by atoms with Crippen LogP contribution in [0.1, 0.15) is 76.5 Å². The fourth-order valence-corrected chi connectivity index (χ4v) is 3.43. The number of nitrogens with one attached hydrogen (secondary N) is 1. The highest BCUT2D eigenvalue weighted by molar-refractivity contribution is 5.76. The van der Waals surface area contributed by atoms with Gasteiger partial charge in [0.1, 0.15) is 0 Å². The van der Waals surface area contributed by atoms with Crippen LogP contribution >= 0.6 is 0 Å². The maximum absolute atomic E-state index is 12.1. The second-order valence-corrected chi connectivity index (χ2v) is 8.39. The lowest BCUT2D eigenvalue weighted by atomic mass is 9.86. The Bertz CT molecular complexity index is 539. The van der Waals surface area contributed by atoms with Gasteiger partial charge in [0.25, 0.3) is 0 Å². The van der Waals surface area contributed by atoms with Crippen LogP contribution in [-0.4, -0.2) is 28.8 Å². The average molecular weight is 347 g/mol. The molecule has 1 aliphatic rings. The summed E-state index contributed by atoms with van der Waals surface area (Å²) in [5.74, 6) is 0.406. The molecule has 1 aromatic carbocycles. The standard InChI is InChI=1S/C21H33NO3/c1-21(2,3)17-8-6-16(7-9-17)19(24)12-13-20(25)22-18-10-4-15(14-23)5-11-18/h6-9,15,18-19,23-24H,4-5,10-14H2,1-3H3,(H,22,25). The van der Waals surface area contributed by atoms with Gasteiger partial charge in [-0.2, -0.15) is 0 Å². The van der Waals surface area contributed by atoms with Crippen molar-refractivity contribution in [3.63, 3.8) is 0 Å². The van der Waals surface area contributed by atoms with Crippen molar-refractivity contribution in [1.29, 1.82) is 0 Å². The third-order valence-electron chi connectivity index (χ3n) is 5.28. The van der Waals surface area contributed by atoms with E-state index >= 15 is 0 Å². The van der Waals surface area contributed by atoms with Gasteiger partial charge < -0.3 is 15.5 Å². The Labute approximate surface area is 151 Å². The Hall–Kier alpha value is -1.39. The zero-order valence-corrected chi connectivity index (χ0v) is 15.8. The molecule has 0 radical (unpaired) electrons. The van der Waals surface area contributed by atoms with Gasteiger partial charge in [-0.15, -0.1) is 0 Å². The minimum atomic E-state index is -0.607. The molecule has 0 aliphatic heterocycles. The van der Waals surface area contributed by atoms with E-state index in [-0.39, 0.29) is 24.0 Å². The van der Waals surface area contributed by atoms with E-state index in [4.69, 9.17) is 5.11 Å². The summed E-state index contributed by atoms with van der Waals surface area (Å²) in [5.41, 5.74) is 2.20. The van der Waals surface area contributed by atoms with Crippen LogP contribution in [-0.2, 0) is 10.2 Å². The van der Waals surface area contributed by atoms with Crippen LogP contribution in [0.3, 0.4) is 0 Å². The first-order valence-electron chi connectivity index (χ1n) is 9.48. The van der Waals surface area contributed by atoms with Crippen LogP contribution in [0, 0.1) is 5.92 Å². The third kappa shape index (κ3) is 6.12. The molecule has 1 aromatic rings. The van der Waals surface area contributed by atoms with Crippen molar-refractivity contribution in [1.82, 2.24) is 5.32 Å². The molecule has 1 amide bonds. The Kier molecular flexibility index (Phi) is 7.03. The number of aliphatic hydroxyl groups excluding tert-OH is 2. The largest absolute Gasteiger partial charge is 0.396 e. The van der Waals surface area contributed by atoms with Gasteiger partial charge in [0.15, 0.2) is 0 Å². The first-order chi connectivity index (χ1) is 11.8. The lowest BCUT2D eigenvalue weighted by Gasteiger charge is -2.28. The van der Waals surface area contributed by atoms with Crippen molar-refractivity contribution in [3.8, 4) is 0 Å². The predicted molar refractivity (Wildman–Crippen MR) is 100 cm³/mol. The Morgan fingerprint density at radius 1 is 1.16 bits per heavy atom. The van der Waals surface area contributed by atoms with Gasteiger partial charge in [0.05, 0.1) is 6.10 Å². The number of amides is 1. The molecule has 1 aliphatic carbocycles. The van der Waals surface area contributed by atoms with Gasteiger partial charge in [0, 0.05) is 19.1 Å². The lowest BCUT2D eigenvalue weighted by molar-refractivity contribution is -0.122. The Morgan fingerprint density at radius 2 is 1.76 bits per heavy atom. The van der Waals surface area contributed by atoms with Crippen LogP contribution in [0.4, 0.5) is 0 Å². The van der Waals surface area contributed by atoms with Crippen LogP contribution < -0.4 is 5.32 Å². The zero-order chi connectivity index (χ0) is 18.4. The molecule has 0 bridgehead atoms. The molecule has 2 rings (SSSR count). The Morgan fingerprint density at radius 3 is 2.28 bits per heavy atom. The highest BCUT2D eigenvalue weighted by Crippen LogP contribution is 2.26. The fraction of sp³-hybridized carbons (Fsp3) is 0.667. The highest BCUT2D eigenvalue weighted by atomic mass is 16.3. The van der Waals surface area contributed by atoms with Gasteiger partial charge in [-0.1, -0.05) is 45.0 Å². The summed E-state index contributed by atoms with van der Waals surface area (Å²) in [5, 5.41) is 22.6. The highest BCUT2D eigenvalue weighted by Gasteiger charge is 2.22. The summed E-state index contributed by atoms with van der Waals surface area (Å²) in [7, 11) is 0. The van der Waals surface area contributed by atoms with Gasteiger partial charge in [-0.05, 0) is 54.6 Å². The summed E-state index contributed by atoms with van der Waals surface area (Å²) in [6.07, 6.45) is 4.00. The van der Waals surface area contributed by atoms with E-state index in [2.05, 4.69) is 38.2 Å². The molecule has 4 nitrogen and oxygen atoms in total. The number of benzene rings is 1. The van der Waals surface area contributed by atoms with E-state index in [1.54, 1.807) is 0 Å². The molecule has 25 heavy (non-hydrogen) atoms. The second kappa shape index (κ2) is 8.81. The van der Waals surface area contributed by atoms with E-state index in [0.29, 0.717) is 18.8 Å². The summed E-state index contributed by atoms with van der Waals surface area (Å²) >= 11 is 0. The van der Waals surface area contributed by atoms with Gasteiger partial charge in [-0.3, -0.25) is 4.79 Å². The van der Waals surface area contributed by atoms with E-state index < -0.39 is 6.10 Å². The number of hydrogen-bond acceptors (Lipinski definition) is 3. The minimum Gasteiger partial charge on any atom is -0.396 e. The van der Waals surface area contributed by atoms with Gasteiger partial charge in [-0.25, -0.2) is 0 Å². The van der Waals surface area contributed by atoms with Crippen molar-refractivity contribution in [2.75, 3.05) is 6.61 Å². The fourth-order valence-electron chi connectivity index (χ4n) is 3.43. The van der Waals surface area contributed by atoms with Crippen molar-refractivity contribution in [2.24, 2.45) is 5.92 Å². The predicted octanol–water partition coefficient (Wildman–Crippen LogP) is 3.47. The minimum absolute atomic E-state index is 0.0119. The molecule has 1 atom stereocenters. The zero-order valence-electron chi connectivity index (χ0n) is 15.8. The molecule has 1 unspecified atom stereocenters. The van der Waals surface area contributed by atoms with E-state index in [1.807, 2.05) is 12.1 Å². The average Bonchev–Trinajstić information content (AvgIpc) is 2.59. The summed E-state index contributed by atoms with van der Waals surface area (Å²) in [6.45, 7) is 6.74. The van der Waals surface area contributed by atoms with Gasteiger partial charge >= 0.3 is 0 Å². The first-order valence-corrected chi connectivity index (χ1v) is 9.48. The van der Waals surface area contributed by atoms with Crippen LogP contribution in [0.5, 0.6) is 0 Å². The van der Waals surface area contributed by atoms with Crippen molar-refractivity contribution in [3.05, 3.63) is 35.4 Å². The quantitative estimate of drug-likeness (QED) is 0.738. The number of hydrogen-bond donors (Lipinski definition) is 3. The molecule has 0 saturated heterocycles. The van der Waals surface area contributed by atoms with E-state index in [9.17, 15) is 9.90 Å². The smallest absolute Gasteiger partial charge is 0.220 e. The lowest BCUT2D eigenvalue weighted by Crippen LogP contribution is -2.38. The number of carbonyl (C=O) groups is 1. The number of carbonyl (C=O) groups excluding carboxylic acids is 1. The van der Waals surface area contributed by atoms with Crippen molar-refractivity contribution in [2.45, 2.75) is 76.9 Å². The molecule has 0 aromatic heterocycles. The van der Waals surface area contributed by atoms with Crippen molar-refractivity contribution >= 4 is 5.91 Å². The van der Waals surface area contributed by atoms with Crippen LogP contribution in [0.25, 0.3) is 0 Å². The summed E-state index contributed by atoms with van der Waals surface area (Å²) < 4.78 is 0. The summed E-state index contributed by atoms with van der Waals surface area (Å²) in [4.78, 5) is 12.1. The molecule has 3 N–H and O–H groups in total. The topological polar surface area (TPSA) is 69.6 Å².